The number of halogens is 1. The van der Waals surface area contributed by atoms with Gasteiger partial charge < -0.3 is 9.90 Å². The van der Waals surface area contributed by atoms with E-state index in [2.05, 4.69) is 91.0 Å². The quantitative estimate of drug-likeness (QED) is 0.434. The summed E-state index contributed by atoms with van der Waals surface area (Å²) in [6, 6.07) is 37.4. The SMILES string of the molecule is O=C([O-])Cc1ccc(F)cc1.c1ccc([S+](c2ccccc2)c2ccccc2)cc1. The highest BCUT2D eigenvalue weighted by atomic mass is 32.2. The molecule has 0 aliphatic carbocycles. The first-order valence-corrected chi connectivity index (χ1v) is 10.7. The zero-order valence-corrected chi connectivity index (χ0v) is 17.1. The zero-order chi connectivity index (χ0) is 21.2. The highest BCUT2D eigenvalue weighted by molar-refractivity contribution is 7.97. The lowest BCUT2D eigenvalue weighted by Gasteiger charge is -2.07. The van der Waals surface area contributed by atoms with E-state index >= 15 is 0 Å². The van der Waals surface area contributed by atoms with Crippen LogP contribution in [0.1, 0.15) is 5.56 Å². The number of benzene rings is 4. The molecule has 0 atom stereocenters. The molecule has 0 saturated heterocycles. The van der Waals surface area contributed by atoms with Gasteiger partial charge in [-0.05, 0) is 54.1 Å². The number of rotatable bonds is 5. The minimum Gasteiger partial charge on any atom is -0.550 e. The molecule has 4 rings (SSSR count). The van der Waals surface area contributed by atoms with Gasteiger partial charge in [0.25, 0.3) is 0 Å². The molecular weight excluding hydrogens is 395 g/mol. The monoisotopic (exact) mass is 416 g/mol. The number of carbonyl (C=O) groups is 1. The van der Waals surface area contributed by atoms with Crippen molar-refractivity contribution in [3.63, 3.8) is 0 Å². The molecule has 0 fully saturated rings. The van der Waals surface area contributed by atoms with E-state index in [4.69, 9.17) is 0 Å². The van der Waals surface area contributed by atoms with E-state index in [-0.39, 0.29) is 23.1 Å². The Morgan fingerprint density at radius 1 is 0.633 bits per heavy atom. The maximum Gasteiger partial charge on any atom is 0.166 e. The molecule has 0 heterocycles. The van der Waals surface area contributed by atoms with Gasteiger partial charge in [-0.25, -0.2) is 4.39 Å². The van der Waals surface area contributed by atoms with Crippen molar-refractivity contribution >= 4 is 16.9 Å². The zero-order valence-electron chi connectivity index (χ0n) is 16.3. The van der Waals surface area contributed by atoms with Crippen molar-refractivity contribution in [1.82, 2.24) is 0 Å². The molecule has 0 radical (unpaired) electrons. The van der Waals surface area contributed by atoms with Gasteiger partial charge in [-0.15, -0.1) is 0 Å². The number of carboxylic acid groups (broad SMARTS) is 1. The molecule has 0 spiro atoms. The Kier molecular flexibility index (Phi) is 7.81. The molecule has 0 amide bonds. The van der Waals surface area contributed by atoms with Gasteiger partial charge in [0.2, 0.25) is 0 Å². The van der Waals surface area contributed by atoms with E-state index in [1.807, 2.05) is 0 Å². The lowest BCUT2D eigenvalue weighted by atomic mass is 10.1. The fraction of sp³-hybridized carbons (Fsp3) is 0.0385. The number of hydrogen-bond acceptors (Lipinski definition) is 2. The molecule has 4 aromatic carbocycles. The average Bonchev–Trinajstić information content (AvgIpc) is 2.78. The Bertz CT molecular complexity index is 943. The summed E-state index contributed by atoms with van der Waals surface area (Å²) in [5.41, 5.74) is 0.548. The first-order chi connectivity index (χ1) is 14.6. The predicted octanol–water partition coefficient (Wildman–Crippen LogP) is 4.90. The summed E-state index contributed by atoms with van der Waals surface area (Å²) in [6.45, 7) is 0. The standard InChI is InChI=1S/C18H15S.C8H7FO2/c1-4-10-16(11-5-1)19(17-12-6-2-7-13-17)18-14-8-3-9-15-18;9-7-3-1-6(2-4-7)5-8(10)11/h1-15H;1-4H,5H2,(H,10,11)/q+1;/p-1. The van der Waals surface area contributed by atoms with Crippen LogP contribution in [0.25, 0.3) is 0 Å². The van der Waals surface area contributed by atoms with Crippen LogP contribution in [0.3, 0.4) is 0 Å². The summed E-state index contributed by atoms with van der Waals surface area (Å²) in [7, 11) is -0.0146. The van der Waals surface area contributed by atoms with E-state index in [0.29, 0.717) is 5.56 Å². The van der Waals surface area contributed by atoms with Crippen LogP contribution in [-0.2, 0) is 22.1 Å². The van der Waals surface area contributed by atoms with Crippen molar-refractivity contribution in [2.75, 3.05) is 0 Å². The largest absolute Gasteiger partial charge is 0.550 e. The normalized spacial score (nSPS) is 10.2. The first-order valence-electron chi connectivity index (χ1n) is 9.47. The van der Waals surface area contributed by atoms with E-state index in [1.54, 1.807) is 0 Å². The topological polar surface area (TPSA) is 40.1 Å². The number of carbonyl (C=O) groups excluding carboxylic acids is 1. The predicted molar refractivity (Wildman–Crippen MR) is 117 cm³/mol. The van der Waals surface area contributed by atoms with Gasteiger partial charge in [0.1, 0.15) is 5.82 Å². The first kappa shape index (κ1) is 21.3. The maximum atomic E-state index is 12.3. The minimum absolute atomic E-state index is 0.0146. The molecule has 0 aliphatic rings. The summed E-state index contributed by atoms with van der Waals surface area (Å²) in [5, 5.41) is 10.0. The Morgan fingerprint density at radius 2 is 1.00 bits per heavy atom. The molecule has 2 nitrogen and oxygen atoms in total. The van der Waals surface area contributed by atoms with Gasteiger partial charge in [0.05, 0.1) is 10.9 Å². The summed E-state index contributed by atoms with van der Waals surface area (Å²) in [5.74, 6) is -1.52. The van der Waals surface area contributed by atoms with Crippen LogP contribution < -0.4 is 5.11 Å². The average molecular weight is 417 g/mol. The molecule has 0 unspecified atom stereocenters. The van der Waals surface area contributed by atoms with Crippen LogP contribution in [0.4, 0.5) is 4.39 Å². The van der Waals surface area contributed by atoms with Crippen molar-refractivity contribution in [2.45, 2.75) is 21.1 Å². The van der Waals surface area contributed by atoms with Gasteiger partial charge in [0, 0.05) is 12.4 Å². The third-order valence-corrected chi connectivity index (χ3v) is 6.43. The minimum atomic E-state index is -1.16. The molecule has 0 saturated carbocycles. The highest BCUT2D eigenvalue weighted by Gasteiger charge is 2.27. The van der Waals surface area contributed by atoms with E-state index in [1.165, 1.54) is 39.0 Å². The second-order valence-corrected chi connectivity index (χ2v) is 8.45. The molecular formula is C26H21FO2S. The van der Waals surface area contributed by atoms with Crippen LogP contribution in [0.5, 0.6) is 0 Å². The fourth-order valence-electron chi connectivity index (χ4n) is 2.85. The van der Waals surface area contributed by atoms with Gasteiger partial charge in [0.15, 0.2) is 14.7 Å². The Morgan fingerprint density at radius 3 is 1.33 bits per heavy atom. The summed E-state index contributed by atoms with van der Waals surface area (Å²) in [6.07, 6.45) is -0.166. The van der Waals surface area contributed by atoms with E-state index < -0.39 is 5.97 Å². The number of carboxylic acids is 1. The Balaban J connectivity index is 0.000000199. The third-order valence-electron chi connectivity index (χ3n) is 4.20. The van der Waals surface area contributed by atoms with Gasteiger partial charge in [-0.2, -0.15) is 0 Å². The second kappa shape index (κ2) is 11.0. The van der Waals surface area contributed by atoms with Crippen LogP contribution in [0.15, 0.2) is 130 Å². The van der Waals surface area contributed by atoms with E-state index in [9.17, 15) is 14.3 Å². The molecule has 0 bridgehead atoms. The van der Waals surface area contributed by atoms with Crippen LogP contribution >= 0.6 is 0 Å². The van der Waals surface area contributed by atoms with Crippen LogP contribution in [0, 0.1) is 5.82 Å². The lowest BCUT2D eigenvalue weighted by molar-refractivity contribution is -0.304. The molecule has 4 aromatic rings. The third kappa shape index (κ3) is 6.33. The van der Waals surface area contributed by atoms with Gasteiger partial charge in [-0.3, -0.25) is 0 Å². The van der Waals surface area contributed by atoms with Crippen molar-refractivity contribution in [2.24, 2.45) is 0 Å². The molecule has 30 heavy (non-hydrogen) atoms. The van der Waals surface area contributed by atoms with Crippen molar-refractivity contribution in [3.05, 3.63) is 127 Å². The van der Waals surface area contributed by atoms with Gasteiger partial charge in [-0.1, -0.05) is 66.7 Å². The lowest BCUT2D eigenvalue weighted by Crippen LogP contribution is -2.24. The molecule has 4 heteroatoms. The Hall–Kier alpha value is -3.37. The summed E-state index contributed by atoms with van der Waals surface area (Å²) < 4.78 is 12.3. The number of hydrogen-bond donors (Lipinski definition) is 0. The van der Waals surface area contributed by atoms with Crippen molar-refractivity contribution in [3.8, 4) is 0 Å². The molecule has 0 aromatic heterocycles. The Labute approximate surface area is 179 Å². The fourth-order valence-corrected chi connectivity index (χ4v) is 4.95. The van der Waals surface area contributed by atoms with Gasteiger partial charge >= 0.3 is 0 Å². The smallest absolute Gasteiger partial charge is 0.166 e. The second-order valence-electron chi connectivity index (χ2n) is 6.42. The van der Waals surface area contributed by atoms with Crippen LogP contribution in [0.2, 0.25) is 0 Å². The molecule has 0 N–H and O–H groups in total. The highest BCUT2D eigenvalue weighted by Crippen LogP contribution is 2.30. The molecule has 150 valence electrons. The van der Waals surface area contributed by atoms with Crippen molar-refractivity contribution in [1.29, 1.82) is 0 Å². The van der Waals surface area contributed by atoms with E-state index in [0.717, 1.165) is 0 Å². The maximum absolute atomic E-state index is 12.3. The van der Waals surface area contributed by atoms with Crippen molar-refractivity contribution < 1.29 is 14.3 Å². The molecule has 0 aliphatic heterocycles. The number of aliphatic carboxylic acids is 1. The summed E-state index contributed by atoms with van der Waals surface area (Å²) in [4.78, 5) is 14.1. The summed E-state index contributed by atoms with van der Waals surface area (Å²) >= 11 is 0. The van der Waals surface area contributed by atoms with Crippen LogP contribution in [-0.4, -0.2) is 5.97 Å².